The third kappa shape index (κ3) is 2.60. The van der Waals surface area contributed by atoms with Crippen LogP contribution in [0.25, 0.3) is 11.1 Å². The van der Waals surface area contributed by atoms with Gasteiger partial charge in [-0.15, -0.1) is 0 Å². The van der Waals surface area contributed by atoms with Crippen molar-refractivity contribution >= 4 is 0 Å². The molecule has 0 saturated carbocycles. The van der Waals surface area contributed by atoms with Crippen molar-refractivity contribution in [3.63, 3.8) is 0 Å². The van der Waals surface area contributed by atoms with Crippen LogP contribution in [0.15, 0.2) is 67.0 Å². The zero-order chi connectivity index (χ0) is 13.8. The normalized spacial score (nSPS) is 10.2. The fourth-order valence-corrected chi connectivity index (χ4v) is 2.11. The minimum Gasteiger partial charge on any atom is -0.268 e. The lowest BCUT2D eigenvalue weighted by Gasteiger charge is -2.01. The Bertz CT molecular complexity index is 734. The summed E-state index contributed by atoms with van der Waals surface area (Å²) in [6, 6.07) is 19.9. The van der Waals surface area contributed by atoms with Crippen LogP contribution in [0.3, 0.4) is 0 Å². The standard InChI is InChI=1S/C17H13N3/c18-10-14-6-8-16(9-7-14)17-11-19-20(13-17)12-15-4-2-1-3-5-15/h1-9,11,13H,12H2. The van der Waals surface area contributed by atoms with Crippen LogP contribution in [0, 0.1) is 11.3 Å². The van der Waals surface area contributed by atoms with E-state index >= 15 is 0 Å². The van der Waals surface area contributed by atoms with Gasteiger partial charge in [0.2, 0.25) is 0 Å². The molecule has 0 N–H and O–H groups in total. The summed E-state index contributed by atoms with van der Waals surface area (Å²) in [5, 5.41) is 13.2. The van der Waals surface area contributed by atoms with E-state index in [1.165, 1.54) is 5.56 Å². The number of aromatic nitrogens is 2. The van der Waals surface area contributed by atoms with E-state index in [1.807, 2.05) is 59.5 Å². The summed E-state index contributed by atoms with van der Waals surface area (Å²) in [7, 11) is 0. The van der Waals surface area contributed by atoms with Gasteiger partial charge in [0.15, 0.2) is 0 Å². The summed E-state index contributed by atoms with van der Waals surface area (Å²) in [6.45, 7) is 0.761. The minimum absolute atomic E-state index is 0.672. The van der Waals surface area contributed by atoms with Gasteiger partial charge in [0.25, 0.3) is 0 Å². The van der Waals surface area contributed by atoms with Gasteiger partial charge in [0.05, 0.1) is 24.4 Å². The second-order valence-electron chi connectivity index (χ2n) is 4.60. The van der Waals surface area contributed by atoms with Gasteiger partial charge in [-0.1, -0.05) is 42.5 Å². The molecule has 0 aliphatic carbocycles. The summed E-state index contributed by atoms with van der Waals surface area (Å²) < 4.78 is 1.92. The molecular weight excluding hydrogens is 246 g/mol. The summed E-state index contributed by atoms with van der Waals surface area (Å²) in [6.07, 6.45) is 3.87. The molecule has 2 aromatic carbocycles. The van der Waals surface area contributed by atoms with Crippen LogP contribution >= 0.6 is 0 Å². The van der Waals surface area contributed by atoms with Gasteiger partial charge in [-0.05, 0) is 23.3 Å². The zero-order valence-corrected chi connectivity index (χ0v) is 10.9. The predicted molar refractivity (Wildman–Crippen MR) is 77.9 cm³/mol. The van der Waals surface area contributed by atoms with Crippen molar-refractivity contribution < 1.29 is 0 Å². The molecule has 0 unspecified atom stereocenters. The molecular formula is C17H13N3. The SMILES string of the molecule is N#Cc1ccc(-c2cnn(Cc3ccccc3)c2)cc1. The maximum absolute atomic E-state index is 8.80. The molecule has 0 aliphatic heterocycles. The van der Waals surface area contributed by atoms with Gasteiger partial charge in [-0.25, -0.2) is 0 Å². The quantitative estimate of drug-likeness (QED) is 0.722. The summed E-state index contributed by atoms with van der Waals surface area (Å²) >= 11 is 0. The van der Waals surface area contributed by atoms with Gasteiger partial charge >= 0.3 is 0 Å². The highest BCUT2D eigenvalue weighted by Crippen LogP contribution is 2.19. The maximum atomic E-state index is 8.80. The average molecular weight is 259 g/mol. The molecule has 0 radical (unpaired) electrons. The monoisotopic (exact) mass is 259 g/mol. The van der Waals surface area contributed by atoms with Crippen molar-refractivity contribution in [2.75, 3.05) is 0 Å². The smallest absolute Gasteiger partial charge is 0.0991 e. The summed E-state index contributed by atoms with van der Waals surface area (Å²) in [5.41, 5.74) is 4.03. The van der Waals surface area contributed by atoms with E-state index in [9.17, 15) is 0 Å². The highest BCUT2D eigenvalue weighted by atomic mass is 15.3. The van der Waals surface area contributed by atoms with Crippen molar-refractivity contribution in [3.05, 3.63) is 78.1 Å². The van der Waals surface area contributed by atoms with Crippen LogP contribution in [-0.2, 0) is 6.54 Å². The molecule has 0 amide bonds. The Labute approximate surface area is 117 Å². The number of nitrogens with zero attached hydrogens (tertiary/aromatic N) is 3. The van der Waals surface area contributed by atoms with Crippen molar-refractivity contribution in [1.29, 1.82) is 5.26 Å². The van der Waals surface area contributed by atoms with Gasteiger partial charge in [0, 0.05) is 11.8 Å². The van der Waals surface area contributed by atoms with Gasteiger partial charge in [-0.3, -0.25) is 4.68 Å². The summed E-state index contributed by atoms with van der Waals surface area (Å²) in [4.78, 5) is 0. The van der Waals surface area contributed by atoms with Crippen molar-refractivity contribution in [2.24, 2.45) is 0 Å². The van der Waals surface area contributed by atoms with Crippen LogP contribution in [0.2, 0.25) is 0 Å². The first-order valence-electron chi connectivity index (χ1n) is 6.42. The van der Waals surface area contributed by atoms with Crippen molar-refractivity contribution in [1.82, 2.24) is 9.78 Å². The van der Waals surface area contributed by atoms with Gasteiger partial charge < -0.3 is 0 Å². The third-order valence-electron chi connectivity index (χ3n) is 3.17. The highest BCUT2D eigenvalue weighted by Gasteiger charge is 2.02. The minimum atomic E-state index is 0.672. The molecule has 0 bridgehead atoms. The van der Waals surface area contributed by atoms with E-state index in [-0.39, 0.29) is 0 Å². The number of nitriles is 1. The molecule has 0 spiro atoms. The molecule has 1 heterocycles. The van der Waals surface area contributed by atoms with E-state index in [0.717, 1.165) is 17.7 Å². The molecule has 0 fully saturated rings. The molecule has 3 nitrogen and oxygen atoms in total. The van der Waals surface area contributed by atoms with E-state index in [0.29, 0.717) is 5.56 Å². The van der Waals surface area contributed by atoms with Crippen LogP contribution in [0.5, 0.6) is 0 Å². The van der Waals surface area contributed by atoms with E-state index < -0.39 is 0 Å². The van der Waals surface area contributed by atoms with Gasteiger partial charge in [-0.2, -0.15) is 10.4 Å². The Balaban J connectivity index is 1.81. The molecule has 3 rings (SSSR count). The van der Waals surface area contributed by atoms with Crippen molar-refractivity contribution in [3.8, 4) is 17.2 Å². The van der Waals surface area contributed by atoms with E-state index in [4.69, 9.17) is 5.26 Å². The highest BCUT2D eigenvalue weighted by molar-refractivity contribution is 5.62. The molecule has 0 atom stereocenters. The molecule has 1 aromatic heterocycles. The van der Waals surface area contributed by atoms with E-state index in [1.54, 1.807) is 0 Å². The first kappa shape index (κ1) is 12.2. The maximum Gasteiger partial charge on any atom is 0.0991 e. The number of benzene rings is 2. The van der Waals surface area contributed by atoms with Gasteiger partial charge in [0.1, 0.15) is 0 Å². The number of hydrogen-bond donors (Lipinski definition) is 0. The lowest BCUT2D eigenvalue weighted by atomic mass is 10.1. The zero-order valence-electron chi connectivity index (χ0n) is 10.9. The largest absolute Gasteiger partial charge is 0.268 e. The molecule has 3 aromatic rings. The molecule has 20 heavy (non-hydrogen) atoms. The lowest BCUT2D eigenvalue weighted by molar-refractivity contribution is 0.687. The molecule has 0 aliphatic rings. The first-order chi connectivity index (χ1) is 9.85. The molecule has 3 heteroatoms. The Morgan fingerprint density at radius 3 is 2.40 bits per heavy atom. The van der Waals surface area contributed by atoms with Crippen LogP contribution in [-0.4, -0.2) is 9.78 Å². The Morgan fingerprint density at radius 2 is 1.70 bits per heavy atom. The van der Waals surface area contributed by atoms with Crippen LogP contribution < -0.4 is 0 Å². The Morgan fingerprint density at radius 1 is 0.950 bits per heavy atom. The lowest BCUT2D eigenvalue weighted by Crippen LogP contribution is -1.99. The Kier molecular flexibility index (Phi) is 3.30. The van der Waals surface area contributed by atoms with E-state index in [2.05, 4.69) is 23.3 Å². The fourth-order valence-electron chi connectivity index (χ4n) is 2.11. The van der Waals surface area contributed by atoms with Crippen LogP contribution in [0.4, 0.5) is 0 Å². The number of hydrogen-bond acceptors (Lipinski definition) is 2. The average Bonchev–Trinajstić information content (AvgIpc) is 2.97. The third-order valence-corrected chi connectivity index (χ3v) is 3.17. The number of rotatable bonds is 3. The topological polar surface area (TPSA) is 41.6 Å². The predicted octanol–water partition coefficient (Wildman–Crippen LogP) is 3.47. The fraction of sp³-hybridized carbons (Fsp3) is 0.0588. The first-order valence-corrected chi connectivity index (χ1v) is 6.42. The van der Waals surface area contributed by atoms with Crippen molar-refractivity contribution in [2.45, 2.75) is 6.54 Å². The summed E-state index contributed by atoms with van der Waals surface area (Å²) in [5.74, 6) is 0. The molecule has 0 saturated heterocycles. The second kappa shape index (κ2) is 5.41. The molecule has 96 valence electrons. The van der Waals surface area contributed by atoms with Crippen LogP contribution in [0.1, 0.15) is 11.1 Å². The Hall–Kier alpha value is -2.86. The second-order valence-corrected chi connectivity index (χ2v) is 4.60.